The molecular formula is C17H16N4O5. The van der Waals surface area contributed by atoms with Crippen LogP contribution in [0.2, 0.25) is 0 Å². The molecule has 0 fully saturated rings. The van der Waals surface area contributed by atoms with Crippen molar-refractivity contribution in [2.45, 2.75) is 6.92 Å². The molecule has 0 radical (unpaired) electrons. The van der Waals surface area contributed by atoms with Crippen LogP contribution in [-0.4, -0.2) is 29.2 Å². The highest BCUT2D eigenvalue weighted by Gasteiger charge is 2.12. The Kier molecular flexibility index (Phi) is 5.99. The fourth-order valence-electron chi connectivity index (χ4n) is 2.07. The van der Waals surface area contributed by atoms with Gasteiger partial charge in [0.25, 0.3) is 11.6 Å². The Balaban J connectivity index is 1.88. The lowest BCUT2D eigenvalue weighted by atomic mass is 10.2. The molecule has 0 bridgehead atoms. The molecule has 0 spiro atoms. The van der Waals surface area contributed by atoms with Crippen molar-refractivity contribution in [1.82, 2.24) is 5.32 Å². The predicted molar refractivity (Wildman–Crippen MR) is 94.8 cm³/mol. The third kappa shape index (κ3) is 5.41. The van der Waals surface area contributed by atoms with Crippen LogP contribution < -0.4 is 16.0 Å². The molecule has 0 aliphatic heterocycles. The van der Waals surface area contributed by atoms with Crippen LogP contribution in [0.15, 0.2) is 48.5 Å². The third-order valence-corrected chi connectivity index (χ3v) is 3.22. The van der Waals surface area contributed by atoms with Crippen molar-refractivity contribution in [1.29, 1.82) is 0 Å². The van der Waals surface area contributed by atoms with Crippen LogP contribution in [0.25, 0.3) is 0 Å². The number of nitrogens with zero attached hydrogens (tertiary/aromatic N) is 1. The average Bonchev–Trinajstić information content (AvgIpc) is 2.61. The molecule has 0 unspecified atom stereocenters. The molecule has 0 atom stereocenters. The number of carbonyl (C=O) groups excluding carboxylic acids is 3. The zero-order valence-corrected chi connectivity index (χ0v) is 13.8. The van der Waals surface area contributed by atoms with E-state index in [2.05, 4.69) is 16.0 Å². The summed E-state index contributed by atoms with van der Waals surface area (Å²) in [6.45, 7) is 1.09. The Hall–Kier alpha value is -3.75. The second kappa shape index (κ2) is 8.38. The summed E-state index contributed by atoms with van der Waals surface area (Å²) in [5.74, 6) is -1.26. The number of hydrogen-bond acceptors (Lipinski definition) is 5. The first-order valence-electron chi connectivity index (χ1n) is 7.55. The van der Waals surface area contributed by atoms with Gasteiger partial charge in [-0.15, -0.1) is 0 Å². The molecule has 3 N–H and O–H groups in total. The van der Waals surface area contributed by atoms with Crippen LogP contribution in [0.4, 0.5) is 17.1 Å². The number of amides is 3. The van der Waals surface area contributed by atoms with Gasteiger partial charge < -0.3 is 16.0 Å². The van der Waals surface area contributed by atoms with E-state index in [4.69, 9.17) is 0 Å². The van der Waals surface area contributed by atoms with Crippen LogP contribution in [0, 0.1) is 10.1 Å². The summed E-state index contributed by atoms with van der Waals surface area (Å²) >= 11 is 0. The summed E-state index contributed by atoms with van der Waals surface area (Å²) in [7, 11) is 0. The Morgan fingerprint density at radius 2 is 1.62 bits per heavy atom. The first kappa shape index (κ1) is 18.6. The molecule has 9 heteroatoms. The van der Waals surface area contributed by atoms with Crippen LogP contribution >= 0.6 is 0 Å². The van der Waals surface area contributed by atoms with Gasteiger partial charge in [-0.2, -0.15) is 0 Å². The minimum Gasteiger partial charge on any atom is -0.343 e. The highest BCUT2D eigenvalue weighted by Crippen LogP contribution is 2.14. The molecular weight excluding hydrogens is 340 g/mol. The van der Waals surface area contributed by atoms with E-state index in [0.717, 1.165) is 6.07 Å². The normalized spacial score (nSPS) is 9.88. The number of anilines is 2. The van der Waals surface area contributed by atoms with E-state index < -0.39 is 16.7 Å². The van der Waals surface area contributed by atoms with Crippen molar-refractivity contribution in [3.05, 3.63) is 64.2 Å². The number of nitro benzene ring substituents is 1. The molecule has 2 rings (SSSR count). The minimum absolute atomic E-state index is 0.0895. The monoisotopic (exact) mass is 356 g/mol. The maximum atomic E-state index is 12.0. The molecule has 134 valence electrons. The zero-order chi connectivity index (χ0) is 19.1. The number of non-ortho nitro benzene ring substituents is 1. The molecule has 3 amide bonds. The van der Waals surface area contributed by atoms with Crippen LogP contribution in [0.1, 0.15) is 17.3 Å². The van der Waals surface area contributed by atoms with Crippen molar-refractivity contribution < 1.29 is 19.3 Å². The van der Waals surface area contributed by atoms with Gasteiger partial charge >= 0.3 is 0 Å². The van der Waals surface area contributed by atoms with Crippen molar-refractivity contribution in [2.24, 2.45) is 0 Å². The van der Waals surface area contributed by atoms with E-state index >= 15 is 0 Å². The number of benzene rings is 2. The zero-order valence-electron chi connectivity index (χ0n) is 13.8. The summed E-state index contributed by atoms with van der Waals surface area (Å²) in [5, 5.41) is 18.3. The fourth-order valence-corrected chi connectivity index (χ4v) is 2.07. The summed E-state index contributed by atoms with van der Waals surface area (Å²) in [6, 6.07) is 11.7. The molecule has 2 aromatic carbocycles. The van der Waals surface area contributed by atoms with Gasteiger partial charge in [0.05, 0.1) is 11.5 Å². The van der Waals surface area contributed by atoms with E-state index in [0.29, 0.717) is 11.4 Å². The van der Waals surface area contributed by atoms with Crippen molar-refractivity contribution in [3.8, 4) is 0 Å². The van der Waals surface area contributed by atoms with E-state index in [1.807, 2.05) is 0 Å². The van der Waals surface area contributed by atoms with Crippen LogP contribution in [0.5, 0.6) is 0 Å². The topological polar surface area (TPSA) is 130 Å². The Labute approximate surface area is 148 Å². The Bertz CT molecular complexity index is 848. The van der Waals surface area contributed by atoms with Gasteiger partial charge in [-0.3, -0.25) is 24.5 Å². The minimum atomic E-state index is -0.603. The number of hydrogen-bond donors (Lipinski definition) is 3. The Morgan fingerprint density at radius 1 is 1.00 bits per heavy atom. The number of nitrogens with one attached hydrogen (secondary N) is 3. The lowest BCUT2D eigenvalue weighted by Crippen LogP contribution is -2.32. The molecule has 2 aromatic rings. The number of rotatable bonds is 6. The van der Waals surface area contributed by atoms with Gasteiger partial charge in [-0.05, 0) is 30.3 Å². The van der Waals surface area contributed by atoms with Crippen molar-refractivity contribution in [2.75, 3.05) is 17.2 Å². The summed E-state index contributed by atoms with van der Waals surface area (Å²) in [6.07, 6.45) is 0. The smallest absolute Gasteiger partial charge is 0.270 e. The highest BCUT2D eigenvalue weighted by atomic mass is 16.6. The Morgan fingerprint density at radius 3 is 2.19 bits per heavy atom. The van der Waals surface area contributed by atoms with Gasteiger partial charge in [0, 0.05) is 36.0 Å². The van der Waals surface area contributed by atoms with Gasteiger partial charge in [-0.25, -0.2) is 0 Å². The standard InChI is InChI=1S/C17H16N4O5/c1-11(22)19-13-5-7-14(8-6-13)20-16(23)10-18-17(24)12-3-2-4-15(9-12)21(25)26/h2-9H,10H2,1H3,(H,18,24)(H,19,22)(H,20,23). The van der Waals surface area contributed by atoms with Gasteiger partial charge in [-0.1, -0.05) is 6.07 Å². The fraction of sp³-hybridized carbons (Fsp3) is 0.118. The van der Waals surface area contributed by atoms with Crippen LogP contribution in [0.3, 0.4) is 0 Å². The van der Waals surface area contributed by atoms with Gasteiger partial charge in [0.1, 0.15) is 0 Å². The first-order valence-corrected chi connectivity index (χ1v) is 7.55. The summed E-state index contributed by atoms with van der Waals surface area (Å²) in [5.41, 5.74) is 0.969. The molecule has 26 heavy (non-hydrogen) atoms. The average molecular weight is 356 g/mol. The quantitative estimate of drug-likeness (QED) is 0.538. The third-order valence-electron chi connectivity index (χ3n) is 3.22. The van der Waals surface area contributed by atoms with E-state index in [1.54, 1.807) is 24.3 Å². The second-order valence-corrected chi connectivity index (χ2v) is 5.30. The molecule has 0 aliphatic carbocycles. The summed E-state index contributed by atoms with van der Waals surface area (Å²) < 4.78 is 0. The first-order chi connectivity index (χ1) is 12.3. The number of nitro groups is 1. The SMILES string of the molecule is CC(=O)Nc1ccc(NC(=O)CNC(=O)c2cccc([N+](=O)[O-])c2)cc1. The lowest BCUT2D eigenvalue weighted by Gasteiger charge is -2.08. The van der Waals surface area contributed by atoms with Gasteiger partial charge in [0.2, 0.25) is 11.8 Å². The van der Waals surface area contributed by atoms with Crippen LogP contribution in [-0.2, 0) is 9.59 Å². The van der Waals surface area contributed by atoms with E-state index in [1.165, 1.54) is 25.1 Å². The van der Waals surface area contributed by atoms with Crippen molar-refractivity contribution >= 4 is 34.8 Å². The molecule has 0 aromatic heterocycles. The van der Waals surface area contributed by atoms with E-state index in [9.17, 15) is 24.5 Å². The predicted octanol–water partition coefficient (Wildman–Crippen LogP) is 1.92. The summed E-state index contributed by atoms with van der Waals surface area (Å²) in [4.78, 5) is 44.9. The van der Waals surface area contributed by atoms with Gasteiger partial charge in [0.15, 0.2) is 0 Å². The maximum Gasteiger partial charge on any atom is 0.270 e. The lowest BCUT2D eigenvalue weighted by molar-refractivity contribution is -0.384. The molecule has 0 heterocycles. The second-order valence-electron chi connectivity index (χ2n) is 5.30. The molecule has 9 nitrogen and oxygen atoms in total. The molecule has 0 aliphatic rings. The van der Waals surface area contributed by atoms with Crippen molar-refractivity contribution in [3.63, 3.8) is 0 Å². The maximum absolute atomic E-state index is 12.0. The highest BCUT2D eigenvalue weighted by molar-refractivity contribution is 5.99. The molecule has 0 saturated carbocycles. The van der Waals surface area contributed by atoms with E-state index in [-0.39, 0.29) is 23.7 Å². The number of carbonyl (C=O) groups is 3. The largest absolute Gasteiger partial charge is 0.343 e. The molecule has 0 saturated heterocycles.